The first-order valence-corrected chi connectivity index (χ1v) is 12.7. The molecule has 0 radical (unpaired) electrons. The molecule has 1 aliphatic rings. The Bertz CT molecular complexity index is 1220. The van der Waals surface area contributed by atoms with Gasteiger partial charge in [0.05, 0.1) is 16.7 Å². The standard InChI is InChI=1S/C23H26ClN3O7S/c1-15(2)34-21(28)14-27(18-8-3-6-16(24)12-18)35(32,33)19-9-4-7-17(13-19)25-22(29)20-10-5-11-26(20)23(30)31/h3-4,6-9,12-13,15,20H,5,10-11,14H2,1-2H3,(H,25,29)(H,30,31). The minimum Gasteiger partial charge on any atom is -0.465 e. The molecule has 0 saturated carbocycles. The van der Waals surface area contributed by atoms with Gasteiger partial charge >= 0.3 is 12.1 Å². The summed E-state index contributed by atoms with van der Waals surface area (Å²) < 4.78 is 33.2. The molecule has 1 unspecified atom stereocenters. The smallest absolute Gasteiger partial charge is 0.407 e. The zero-order valence-electron chi connectivity index (χ0n) is 19.2. The second-order valence-electron chi connectivity index (χ2n) is 8.18. The molecule has 1 atom stereocenters. The Balaban J connectivity index is 1.90. The van der Waals surface area contributed by atoms with E-state index in [1.165, 1.54) is 36.4 Å². The van der Waals surface area contributed by atoms with Gasteiger partial charge in [-0.15, -0.1) is 0 Å². The first kappa shape index (κ1) is 26.3. The topological polar surface area (TPSA) is 133 Å². The number of halogens is 1. The van der Waals surface area contributed by atoms with Crippen LogP contribution in [0.25, 0.3) is 0 Å². The Hall–Kier alpha value is -3.31. The fraction of sp³-hybridized carbons (Fsp3) is 0.348. The van der Waals surface area contributed by atoms with E-state index < -0.39 is 46.7 Å². The number of nitrogens with zero attached hydrogens (tertiary/aromatic N) is 2. The second-order valence-corrected chi connectivity index (χ2v) is 10.5. The molecular weight excluding hydrogens is 498 g/mol. The van der Waals surface area contributed by atoms with Crippen LogP contribution in [0.5, 0.6) is 0 Å². The lowest BCUT2D eigenvalue weighted by atomic mass is 10.2. The highest BCUT2D eigenvalue weighted by Gasteiger charge is 2.34. The van der Waals surface area contributed by atoms with Crippen molar-refractivity contribution in [2.75, 3.05) is 22.7 Å². The van der Waals surface area contributed by atoms with Crippen molar-refractivity contribution in [1.29, 1.82) is 0 Å². The van der Waals surface area contributed by atoms with Gasteiger partial charge in [-0.2, -0.15) is 0 Å². The molecule has 188 valence electrons. The number of anilines is 2. The van der Waals surface area contributed by atoms with Crippen LogP contribution >= 0.6 is 11.6 Å². The molecule has 10 nitrogen and oxygen atoms in total. The van der Waals surface area contributed by atoms with Gasteiger partial charge in [-0.1, -0.05) is 23.7 Å². The zero-order chi connectivity index (χ0) is 25.8. The summed E-state index contributed by atoms with van der Waals surface area (Å²) in [4.78, 5) is 37.3. The predicted octanol–water partition coefficient (Wildman–Crippen LogP) is 3.57. The minimum atomic E-state index is -4.29. The number of carbonyl (C=O) groups is 3. The second kappa shape index (κ2) is 11.0. The lowest BCUT2D eigenvalue weighted by Crippen LogP contribution is -2.42. The van der Waals surface area contributed by atoms with Gasteiger partial charge in [0.2, 0.25) is 5.91 Å². The first-order valence-electron chi connectivity index (χ1n) is 10.9. The number of ether oxygens (including phenoxy) is 1. The van der Waals surface area contributed by atoms with E-state index in [1.807, 2.05) is 0 Å². The highest BCUT2D eigenvalue weighted by Crippen LogP contribution is 2.28. The lowest BCUT2D eigenvalue weighted by molar-refractivity contribution is -0.145. The van der Waals surface area contributed by atoms with Gasteiger partial charge in [0.15, 0.2) is 0 Å². The summed E-state index contributed by atoms with van der Waals surface area (Å²) in [5.41, 5.74) is 0.333. The number of hydrogen-bond acceptors (Lipinski definition) is 6. The van der Waals surface area contributed by atoms with Crippen LogP contribution in [-0.2, 0) is 24.3 Å². The molecule has 1 fully saturated rings. The van der Waals surface area contributed by atoms with Crippen molar-refractivity contribution in [3.05, 3.63) is 53.6 Å². The van der Waals surface area contributed by atoms with Gasteiger partial charge in [-0.25, -0.2) is 13.2 Å². The van der Waals surface area contributed by atoms with E-state index in [0.29, 0.717) is 12.8 Å². The van der Waals surface area contributed by atoms with E-state index in [0.717, 1.165) is 9.21 Å². The van der Waals surface area contributed by atoms with E-state index >= 15 is 0 Å². The number of hydrogen-bond donors (Lipinski definition) is 2. The Morgan fingerprint density at radius 3 is 2.57 bits per heavy atom. The molecule has 3 rings (SSSR count). The molecule has 1 heterocycles. The predicted molar refractivity (Wildman–Crippen MR) is 130 cm³/mol. The number of carbonyl (C=O) groups excluding carboxylic acids is 2. The van der Waals surface area contributed by atoms with Crippen molar-refractivity contribution in [1.82, 2.24) is 4.90 Å². The van der Waals surface area contributed by atoms with Crippen LogP contribution in [0.2, 0.25) is 5.02 Å². The van der Waals surface area contributed by atoms with Crippen molar-refractivity contribution in [3.63, 3.8) is 0 Å². The fourth-order valence-electron chi connectivity index (χ4n) is 3.72. The molecule has 2 aromatic carbocycles. The molecule has 2 N–H and O–H groups in total. The maximum atomic E-state index is 13.6. The fourth-order valence-corrected chi connectivity index (χ4v) is 5.35. The first-order chi connectivity index (χ1) is 16.5. The average molecular weight is 524 g/mol. The van der Waals surface area contributed by atoms with Crippen molar-refractivity contribution in [2.45, 2.75) is 43.7 Å². The highest BCUT2D eigenvalue weighted by molar-refractivity contribution is 7.92. The maximum Gasteiger partial charge on any atom is 0.407 e. The van der Waals surface area contributed by atoms with Crippen molar-refractivity contribution in [3.8, 4) is 0 Å². The molecule has 2 aromatic rings. The number of sulfonamides is 1. The molecule has 0 bridgehead atoms. The minimum absolute atomic E-state index is 0.163. The van der Waals surface area contributed by atoms with Crippen molar-refractivity contribution < 1.29 is 32.6 Å². The van der Waals surface area contributed by atoms with Crippen LogP contribution in [0.3, 0.4) is 0 Å². The van der Waals surface area contributed by atoms with Gasteiger partial charge in [0, 0.05) is 17.3 Å². The Morgan fingerprint density at radius 1 is 1.20 bits per heavy atom. The third-order valence-electron chi connectivity index (χ3n) is 5.23. The van der Waals surface area contributed by atoms with Crippen LogP contribution in [0, 0.1) is 0 Å². The van der Waals surface area contributed by atoms with Gasteiger partial charge in [0.25, 0.3) is 10.0 Å². The summed E-state index contributed by atoms with van der Waals surface area (Å²) in [7, 11) is -4.29. The number of benzene rings is 2. The summed E-state index contributed by atoms with van der Waals surface area (Å²) in [5, 5.41) is 12.2. The molecule has 35 heavy (non-hydrogen) atoms. The summed E-state index contributed by atoms with van der Waals surface area (Å²) in [6.45, 7) is 2.96. The summed E-state index contributed by atoms with van der Waals surface area (Å²) >= 11 is 6.05. The molecule has 0 aromatic heterocycles. The summed E-state index contributed by atoms with van der Waals surface area (Å²) in [6, 6.07) is 10.7. The number of rotatable bonds is 8. The van der Waals surface area contributed by atoms with E-state index in [2.05, 4.69) is 5.32 Å². The monoisotopic (exact) mass is 523 g/mol. The van der Waals surface area contributed by atoms with Crippen molar-refractivity contribution >= 4 is 51.0 Å². The Labute approximate surface area is 208 Å². The number of carboxylic acid groups (broad SMARTS) is 1. The van der Waals surface area contributed by atoms with Crippen LogP contribution in [0.15, 0.2) is 53.4 Å². The molecule has 12 heteroatoms. The molecular formula is C23H26ClN3O7S. The largest absolute Gasteiger partial charge is 0.465 e. The number of likely N-dealkylation sites (tertiary alicyclic amines) is 1. The SMILES string of the molecule is CC(C)OC(=O)CN(c1cccc(Cl)c1)S(=O)(=O)c1cccc(NC(=O)C2CCCN2C(=O)O)c1. The quantitative estimate of drug-likeness (QED) is 0.505. The lowest BCUT2D eigenvalue weighted by Gasteiger charge is -2.25. The van der Waals surface area contributed by atoms with Gasteiger partial charge < -0.3 is 15.2 Å². The highest BCUT2D eigenvalue weighted by atomic mass is 35.5. The molecule has 1 saturated heterocycles. The van der Waals surface area contributed by atoms with Crippen LogP contribution in [0.1, 0.15) is 26.7 Å². The Morgan fingerprint density at radius 2 is 1.91 bits per heavy atom. The molecule has 0 aliphatic carbocycles. The summed E-state index contributed by atoms with van der Waals surface area (Å²) in [5.74, 6) is -1.30. The van der Waals surface area contributed by atoms with Crippen LogP contribution in [0.4, 0.5) is 16.2 Å². The Kier molecular flexibility index (Phi) is 8.23. The van der Waals surface area contributed by atoms with E-state index in [9.17, 15) is 27.9 Å². The average Bonchev–Trinajstić information content (AvgIpc) is 3.28. The van der Waals surface area contributed by atoms with E-state index in [4.69, 9.17) is 16.3 Å². The normalized spacial score (nSPS) is 15.7. The van der Waals surface area contributed by atoms with E-state index in [1.54, 1.807) is 26.0 Å². The maximum absolute atomic E-state index is 13.6. The van der Waals surface area contributed by atoms with Crippen LogP contribution in [-0.4, -0.2) is 61.6 Å². The van der Waals surface area contributed by atoms with Gasteiger partial charge in [-0.3, -0.25) is 18.8 Å². The number of nitrogens with one attached hydrogen (secondary N) is 1. The molecule has 1 aliphatic heterocycles. The third kappa shape index (κ3) is 6.43. The van der Waals surface area contributed by atoms with Crippen molar-refractivity contribution in [2.24, 2.45) is 0 Å². The molecule has 0 spiro atoms. The van der Waals surface area contributed by atoms with Crippen LogP contribution < -0.4 is 9.62 Å². The zero-order valence-corrected chi connectivity index (χ0v) is 20.8. The number of esters is 1. The number of amides is 2. The molecule has 2 amide bonds. The third-order valence-corrected chi connectivity index (χ3v) is 7.23. The van der Waals surface area contributed by atoms with Gasteiger partial charge in [0.1, 0.15) is 12.6 Å². The summed E-state index contributed by atoms with van der Waals surface area (Å²) in [6.07, 6.45) is -0.702. The van der Waals surface area contributed by atoms with E-state index in [-0.39, 0.29) is 27.8 Å². The van der Waals surface area contributed by atoms with Gasteiger partial charge in [-0.05, 0) is 63.1 Å².